The third kappa shape index (κ3) is 11.2. The van der Waals surface area contributed by atoms with E-state index in [4.69, 9.17) is 9.47 Å². The van der Waals surface area contributed by atoms with Crippen LogP contribution in [0.4, 0.5) is 0 Å². The lowest BCUT2D eigenvalue weighted by Gasteiger charge is -2.13. The van der Waals surface area contributed by atoms with Crippen LogP contribution in [0.1, 0.15) is 38.2 Å². The number of methoxy groups -OCH3 is 1. The van der Waals surface area contributed by atoms with Crippen molar-refractivity contribution in [2.45, 2.75) is 32.6 Å². The molecule has 0 fully saturated rings. The first-order chi connectivity index (χ1) is 11.3. The van der Waals surface area contributed by atoms with Gasteiger partial charge < -0.3 is 20.1 Å². The van der Waals surface area contributed by atoms with Crippen molar-refractivity contribution in [1.29, 1.82) is 0 Å². The summed E-state index contributed by atoms with van der Waals surface area (Å²) in [7, 11) is 1.69. The van der Waals surface area contributed by atoms with Gasteiger partial charge in [-0.05, 0) is 42.2 Å². The third-order valence-electron chi connectivity index (χ3n) is 3.42. The van der Waals surface area contributed by atoms with Gasteiger partial charge in [0.2, 0.25) is 0 Å². The number of hydrogen-bond donors (Lipinski definition) is 2. The molecule has 0 bridgehead atoms. The summed E-state index contributed by atoms with van der Waals surface area (Å²) < 4.78 is 10.4. The number of nitrogens with one attached hydrogen (secondary N) is 2. The molecule has 0 aliphatic carbocycles. The maximum absolute atomic E-state index is 5.45. The van der Waals surface area contributed by atoms with Crippen LogP contribution in [0.3, 0.4) is 0 Å². The van der Waals surface area contributed by atoms with Gasteiger partial charge in [0.05, 0.1) is 13.2 Å². The van der Waals surface area contributed by atoms with Gasteiger partial charge in [-0.1, -0.05) is 6.92 Å². The Balaban J connectivity index is 0.00000529. The molecule has 5 nitrogen and oxygen atoms in total. The lowest BCUT2D eigenvalue weighted by Crippen LogP contribution is -2.38. The molecule has 140 valence electrons. The van der Waals surface area contributed by atoms with Crippen LogP contribution in [0.25, 0.3) is 0 Å². The number of aliphatic imine (C=N–C) groups is 1. The predicted molar refractivity (Wildman–Crippen MR) is 114 cm³/mol. The molecule has 0 saturated heterocycles. The van der Waals surface area contributed by atoms with Gasteiger partial charge in [-0.2, -0.15) is 11.3 Å². The first-order valence-electron chi connectivity index (χ1n) is 8.38. The quantitative estimate of drug-likeness (QED) is 0.213. The van der Waals surface area contributed by atoms with E-state index in [9.17, 15) is 0 Å². The van der Waals surface area contributed by atoms with Gasteiger partial charge in [0.1, 0.15) is 0 Å². The number of hydrogen-bond acceptors (Lipinski definition) is 4. The fourth-order valence-electron chi connectivity index (χ4n) is 2.01. The van der Waals surface area contributed by atoms with Crippen LogP contribution < -0.4 is 10.6 Å². The molecule has 0 aliphatic rings. The number of nitrogens with zero attached hydrogens (tertiary/aromatic N) is 1. The van der Waals surface area contributed by atoms with Gasteiger partial charge in [0.25, 0.3) is 0 Å². The highest BCUT2D eigenvalue weighted by Gasteiger charge is 2.05. The van der Waals surface area contributed by atoms with E-state index in [-0.39, 0.29) is 24.0 Å². The second-order valence-corrected chi connectivity index (χ2v) is 6.20. The Kier molecular flexibility index (Phi) is 15.9. The van der Waals surface area contributed by atoms with E-state index in [1.165, 1.54) is 5.56 Å². The molecule has 7 heteroatoms. The van der Waals surface area contributed by atoms with Crippen LogP contribution in [0.15, 0.2) is 21.8 Å². The van der Waals surface area contributed by atoms with Crippen molar-refractivity contribution in [1.82, 2.24) is 10.6 Å². The van der Waals surface area contributed by atoms with E-state index in [0.29, 0.717) is 19.1 Å². The van der Waals surface area contributed by atoms with Crippen LogP contribution in [-0.2, 0) is 9.47 Å². The van der Waals surface area contributed by atoms with Crippen molar-refractivity contribution >= 4 is 41.3 Å². The Bertz CT molecular complexity index is 416. The van der Waals surface area contributed by atoms with Crippen LogP contribution in [0, 0.1) is 0 Å². The molecule has 0 aromatic carbocycles. The number of rotatable bonds is 12. The SMILES string of the molecule is CCNC(=NCC(C)c1ccsc1)NCCCCOCCOC.I. The Hall–Kier alpha value is -0.380. The zero-order valence-corrected chi connectivity index (χ0v) is 18.2. The fourth-order valence-corrected chi connectivity index (χ4v) is 2.79. The van der Waals surface area contributed by atoms with Gasteiger partial charge in [-0.3, -0.25) is 4.99 Å². The van der Waals surface area contributed by atoms with E-state index >= 15 is 0 Å². The molecule has 1 unspecified atom stereocenters. The zero-order valence-electron chi connectivity index (χ0n) is 15.0. The number of halogens is 1. The molecule has 24 heavy (non-hydrogen) atoms. The van der Waals surface area contributed by atoms with Crippen molar-refractivity contribution in [2.24, 2.45) is 4.99 Å². The third-order valence-corrected chi connectivity index (χ3v) is 4.12. The van der Waals surface area contributed by atoms with Crippen molar-refractivity contribution < 1.29 is 9.47 Å². The summed E-state index contributed by atoms with van der Waals surface area (Å²) >= 11 is 1.74. The van der Waals surface area contributed by atoms with Crippen LogP contribution in [0.5, 0.6) is 0 Å². The second kappa shape index (κ2) is 16.1. The summed E-state index contributed by atoms with van der Waals surface area (Å²) in [5.74, 6) is 1.35. The monoisotopic (exact) mass is 469 g/mol. The molecule has 1 rings (SSSR count). The average Bonchev–Trinajstić information content (AvgIpc) is 3.09. The van der Waals surface area contributed by atoms with E-state index in [1.807, 2.05) is 0 Å². The summed E-state index contributed by atoms with van der Waals surface area (Å²) in [6, 6.07) is 2.18. The van der Waals surface area contributed by atoms with E-state index in [0.717, 1.165) is 45.0 Å². The van der Waals surface area contributed by atoms with E-state index in [2.05, 4.69) is 46.3 Å². The topological polar surface area (TPSA) is 54.9 Å². The number of ether oxygens (including phenoxy) is 2. The van der Waals surface area contributed by atoms with E-state index < -0.39 is 0 Å². The Morgan fingerprint density at radius 1 is 1.25 bits per heavy atom. The standard InChI is InChI=1S/C17H31N3O2S.HI/c1-4-18-17(19-8-5-6-9-22-11-10-21-3)20-13-15(2)16-7-12-23-14-16;/h7,12,14-15H,4-6,8-11,13H2,1-3H3,(H2,18,19,20);1H. The van der Waals surface area contributed by atoms with Gasteiger partial charge in [0.15, 0.2) is 5.96 Å². The summed E-state index contributed by atoms with van der Waals surface area (Å²) in [5.41, 5.74) is 1.36. The molecule has 0 amide bonds. The number of guanidine groups is 1. The Labute approximate surface area is 167 Å². The van der Waals surface area contributed by atoms with Gasteiger partial charge in [-0.25, -0.2) is 0 Å². The van der Waals surface area contributed by atoms with Crippen LogP contribution in [0.2, 0.25) is 0 Å². The maximum Gasteiger partial charge on any atom is 0.191 e. The molecule has 0 radical (unpaired) electrons. The summed E-state index contributed by atoms with van der Waals surface area (Å²) in [6.07, 6.45) is 2.11. The first kappa shape index (κ1) is 23.6. The molecular weight excluding hydrogens is 437 g/mol. The Morgan fingerprint density at radius 3 is 2.75 bits per heavy atom. The van der Waals surface area contributed by atoms with E-state index in [1.54, 1.807) is 18.4 Å². The highest BCUT2D eigenvalue weighted by molar-refractivity contribution is 14.0. The number of unbranched alkanes of at least 4 members (excludes halogenated alkanes) is 1. The molecule has 0 saturated carbocycles. The molecular formula is C17H32IN3O2S. The summed E-state index contributed by atoms with van der Waals surface area (Å²) in [5, 5.41) is 11.0. The summed E-state index contributed by atoms with van der Waals surface area (Å²) in [4.78, 5) is 4.68. The minimum absolute atomic E-state index is 0. The van der Waals surface area contributed by atoms with Crippen LogP contribution >= 0.6 is 35.3 Å². The normalized spacial score (nSPS) is 12.5. The van der Waals surface area contributed by atoms with Gasteiger partial charge in [0, 0.05) is 39.3 Å². The maximum atomic E-state index is 5.45. The average molecular weight is 469 g/mol. The lowest BCUT2D eigenvalue weighted by molar-refractivity contribution is 0.0689. The van der Waals surface area contributed by atoms with Gasteiger partial charge >= 0.3 is 0 Å². The summed E-state index contributed by atoms with van der Waals surface area (Å²) in [6.45, 7) is 9.01. The molecule has 2 N–H and O–H groups in total. The second-order valence-electron chi connectivity index (χ2n) is 5.42. The molecule has 1 aromatic rings. The van der Waals surface area contributed by atoms with Crippen LogP contribution in [-0.4, -0.2) is 52.5 Å². The lowest BCUT2D eigenvalue weighted by atomic mass is 10.1. The first-order valence-corrected chi connectivity index (χ1v) is 9.33. The minimum atomic E-state index is 0. The molecule has 1 atom stereocenters. The molecule has 1 aromatic heterocycles. The van der Waals surface area contributed by atoms with Crippen molar-refractivity contribution in [3.8, 4) is 0 Å². The highest BCUT2D eigenvalue weighted by Crippen LogP contribution is 2.18. The molecule has 1 heterocycles. The van der Waals surface area contributed by atoms with Crippen molar-refractivity contribution in [3.05, 3.63) is 22.4 Å². The van der Waals surface area contributed by atoms with Crippen molar-refractivity contribution in [3.63, 3.8) is 0 Å². The molecule has 0 aliphatic heterocycles. The zero-order chi connectivity index (χ0) is 16.8. The number of thiophene rings is 1. The van der Waals surface area contributed by atoms with Crippen molar-refractivity contribution in [2.75, 3.05) is 46.6 Å². The molecule has 0 spiro atoms. The minimum Gasteiger partial charge on any atom is -0.382 e. The highest BCUT2D eigenvalue weighted by atomic mass is 127. The largest absolute Gasteiger partial charge is 0.382 e. The smallest absolute Gasteiger partial charge is 0.191 e. The van der Waals surface area contributed by atoms with Gasteiger partial charge in [-0.15, -0.1) is 24.0 Å². The Morgan fingerprint density at radius 2 is 2.08 bits per heavy atom. The fraction of sp³-hybridized carbons (Fsp3) is 0.706. The predicted octanol–water partition coefficient (Wildman–Crippen LogP) is 3.47.